The summed E-state index contributed by atoms with van der Waals surface area (Å²) in [4.78, 5) is 4.79. The minimum absolute atomic E-state index is 0.417. The van der Waals surface area contributed by atoms with E-state index < -0.39 is 0 Å². The molecule has 0 atom stereocenters. The quantitative estimate of drug-likeness (QED) is 0.833. The molecule has 0 fully saturated rings. The molecule has 1 aliphatic heterocycles. The lowest BCUT2D eigenvalue weighted by Crippen LogP contribution is -2.12. The van der Waals surface area contributed by atoms with Crippen LogP contribution in [0, 0.1) is 25.2 Å². The highest BCUT2D eigenvalue weighted by molar-refractivity contribution is 5.63. The van der Waals surface area contributed by atoms with E-state index >= 15 is 0 Å². The van der Waals surface area contributed by atoms with E-state index in [2.05, 4.69) is 42.7 Å². The largest absolute Gasteiger partial charge is 0.328 e. The van der Waals surface area contributed by atoms with Crippen molar-refractivity contribution in [1.82, 2.24) is 9.55 Å². The fourth-order valence-electron chi connectivity index (χ4n) is 3.02. The van der Waals surface area contributed by atoms with Crippen molar-refractivity contribution in [2.45, 2.75) is 46.1 Å². The van der Waals surface area contributed by atoms with E-state index in [0.717, 1.165) is 24.5 Å². The third kappa shape index (κ3) is 2.12. The van der Waals surface area contributed by atoms with Crippen molar-refractivity contribution in [3.8, 4) is 17.5 Å². The van der Waals surface area contributed by atoms with Crippen molar-refractivity contribution >= 4 is 0 Å². The van der Waals surface area contributed by atoms with Gasteiger partial charge >= 0.3 is 0 Å². The summed E-state index contributed by atoms with van der Waals surface area (Å²) in [5.41, 5.74) is 5.95. The average Bonchev–Trinajstić information content (AvgIpc) is 2.81. The fraction of sp³-hybridized carbons (Fsp3) is 0.412. The van der Waals surface area contributed by atoms with Crippen LogP contribution in [0.3, 0.4) is 0 Å². The van der Waals surface area contributed by atoms with Gasteiger partial charge in [0.05, 0.1) is 18.2 Å². The predicted octanol–water partition coefficient (Wildman–Crippen LogP) is 3.57. The summed E-state index contributed by atoms with van der Waals surface area (Å²) in [6.07, 6.45) is 3.87. The normalized spacial score (nSPS) is 13.8. The molecule has 0 saturated heterocycles. The summed E-state index contributed by atoms with van der Waals surface area (Å²) in [7, 11) is 0. The smallest absolute Gasteiger partial charge is 0.140 e. The van der Waals surface area contributed by atoms with Crippen molar-refractivity contribution in [2.75, 3.05) is 0 Å². The van der Waals surface area contributed by atoms with E-state index in [-0.39, 0.29) is 0 Å². The standard InChI is InChI=1S/C17H19N3/c1-12-6-7-13(2)14(11-12)17-19-15(8-9-18)16-5-3-4-10-20(16)17/h6-7,11H,3-5,8,10H2,1-2H3. The van der Waals surface area contributed by atoms with Gasteiger partial charge in [0.25, 0.3) is 0 Å². The molecule has 0 amide bonds. The molecule has 1 aromatic heterocycles. The Morgan fingerprint density at radius 1 is 1.30 bits per heavy atom. The first-order chi connectivity index (χ1) is 9.70. The maximum atomic E-state index is 9.00. The third-order valence-electron chi connectivity index (χ3n) is 4.08. The van der Waals surface area contributed by atoms with Gasteiger partial charge in [-0.3, -0.25) is 0 Å². The molecule has 20 heavy (non-hydrogen) atoms. The van der Waals surface area contributed by atoms with Crippen LogP contribution in [0.15, 0.2) is 18.2 Å². The third-order valence-corrected chi connectivity index (χ3v) is 4.08. The average molecular weight is 265 g/mol. The van der Waals surface area contributed by atoms with Gasteiger partial charge < -0.3 is 4.57 Å². The number of aromatic nitrogens is 2. The van der Waals surface area contributed by atoms with Crippen molar-refractivity contribution < 1.29 is 0 Å². The molecule has 3 rings (SSSR count). The number of rotatable bonds is 2. The fourth-order valence-corrected chi connectivity index (χ4v) is 3.02. The highest BCUT2D eigenvalue weighted by Gasteiger charge is 2.21. The first kappa shape index (κ1) is 12.9. The molecule has 0 N–H and O–H groups in total. The molecule has 0 saturated carbocycles. The number of nitrogens with zero attached hydrogens (tertiary/aromatic N) is 3. The highest BCUT2D eigenvalue weighted by Crippen LogP contribution is 2.30. The number of hydrogen-bond acceptors (Lipinski definition) is 2. The molecule has 0 unspecified atom stereocenters. The van der Waals surface area contributed by atoms with E-state index in [1.165, 1.54) is 35.2 Å². The van der Waals surface area contributed by atoms with Crippen LogP contribution in [0.25, 0.3) is 11.4 Å². The Labute approximate surface area is 119 Å². The molecule has 0 aliphatic carbocycles. The maximum absolute atomic E-state index is 9.00. The number of imidazole rings is 1. The van der Waals surface area contributed by atoms with E-state index in [0.29, 0.717) is 6.42 Å². The van der Waals surface area contributed by atoms with Gasteiger partial charge in [0.2, 0.25) is 0 Å². The molecule has 2 aromatic rings. The van der Waals surface area contributed by atoms with Gasteiger partial charge in [0.1, 0.15) is 5.82 Å². The SMILES string of the molecule is Cc1ccc(C)c(-c2nc(CC#N)c3n2CCCC3)c1. The van der Waals surface area contributed by atoms with Crippen LogP contribution < -0.4 is 0 Å². The molecule has 1 aliphatic rings. The molecule has 3 nitrogen and oxygen atoms in total. The summed E-state index contributed by atoms with van der Waals surface area (Å²) in [6, 6.07) is 8.74. The van der Waals surface area contributed by atoms with Gasteiger partial charge in [0.15, 0.2) is 0 Å². The lowest BCUT2D eigenvalue weighted by Gasteiger charge is -2.18. The van der Waals surface area contributed by atoms with E-state index in [1.807, 2.05) is 0 Å². The predicted molar refractivity (Wildman–Crippen MR) is 79.4 cm³/mol. The van der Waals surface area contributed by atoms with Gasteiger partial charge in [-0.1, -0.05) is 17.7 Å². The molecule has 0 spiro atoms. The molecular formula is C17H19N3. The molecule has 2 heterocycles. The Balaban J connectivity index is 2.18. The van der Waals surface area contributed by atoms with Crippen LogP contribution in [0.4, 0.5) is 0 Å². The molecule has 3 heteroatoms. The van der Waals surface area contributed by atoms with Gasteiger partial charge in [-0.2, -0.15) is 5.26 Å². The summed E-state index contributed by atoms with van der Waals surface area (Å²) in [5.74, 6) is 1.05. The molecular weight excluding hydrogens is 246 g/mol. The zero-order valence-corrected chi connectivity index (χ0v) is 12.1. The van der Waals surface area contributed by atoms with E-state index in [1.54, 1.807) is 0 Å². The van der Waals surface area contributed by atoms with E-state index in [4.69, 9.17) is 10.2 Å². The Bertz CT molecular complexity index is 689. The number of benzene rings is 1. The van der Waals surface area contributed by atoms with E-state index in [9.17, 15) is 0 Å². The lowest BCUT2D eigenvalue weighted by molar-refractivity contribution is 0.534. The van der Waals surface area contributed by atoms with Gasteiger partial charge in [-0.25, -0.2) is 4.98 Å². The number of hydrogen-bond donors (Lipinski definition) is 0. The number of fused-ring (bicyclic) bond motifs is 1. The Morgan fingerprint density at radius 3 is 2.95 bits per heavy atom. The van der Waals surface area contributed by atoms with Gasteiger partial charge in [-0.15, -0.1) is 0 Å². The van der Waals surface area contributed by atoms with Crippen molar-refractivity contribution in [2.24, 2.45) is 0 Å². The first-order valence-electron chi connectivity index (χ1n) is 7.23. The van der Waals surface area contributed by atoms with Crippen molar-refractivity contribution in [3.63, 3.8) is 0 Å². The zero-order chi connectivity index (χ0) is 14.1. The van der Waals surface area contributed by atoms with Crippen LogP contribution in [-0.2, 0) is 19.4 Å². The topological polar surface area (TPSA) is 41.6 Å². The minimum Gasteiger partial charge on any atom is -0.328 e. The van der Waals surface area contributed by atoms with Crippen LogP contribution >= 0.6 is 0 Å². The molecule has 0 bridgehead atoms. The van der Waals surface area contributed by atoms with Crippen LogP contribution in [0.1, 0.15) is 35.4 Å². The number of aryl methyl sites for hydroxylation is 2. The van der Waals surface area contributed by atoms with Crippen molar-refractivity contribution in [1.29, 1.82) is 5.26 Å². The number of nitriles is 1. The second-order valence-corrected chi connectivity index (χ2v) is 5.59. The molecule has 1 aromatic carbocycles. The Morgan fingerprint density at radius 2 is 2.15 bits per heavy atom. The summed E-state index contributed by atoms with van der Waals surface area (Å²) >= 11 is 0. The van der Waals surface area contributed by atoms with Crippen LogP contribution in [0.5, 0.6) is 0 Å². The van der Waals surface area contributed by atoms with Crippen molar-refractivity contribution in [3.05, 3.63) is 40.7 Å². The van der Waals surface area contributed by atoms with Gasteiger partial charge in [-0.05, 0) is 44.7 Å². The molecule has 0 radical (unpaired) electrons. The van der Waals surface area contributed by atoms with Gasteiger partial charge in [0, 0.05) is 17.8 Å². The maximum Gasteiger partial charge on any atom is 0.140 e. The zero-order valence-electron chi connectivity index (χ0n) is 12.1. The summed E-state index contributed by atoms with van der Waals surface area (Å²) in [6.45, 7) is 5.26. The Hall–Kier alpha value is -2.08. The minimum atomic E-state index is 0.417. The van der Waals surface area contributed by atoms with Crippen LogP contribution in [0.2, 0.25) is 0 Å². The Kier molecular flexibility index (Phi) is 3.31. The molecule has 102 valence electrons. The van der Waals surface area contributed by atoms with Crippen LogP contribution in [-0.4, -0.2) is 9.55 Å². The second-order valence-electron chi connectivity index (χ2n) is 5.59. The highest BCUT2D eigenvalue weighted by atomic mass is 15.1. The summed E-state index contributed by atoms with van der Waals surface area (Å²) < 4.78 is 2.33. The first-order valence-corrected chi connectivity index (χ1v) is 7.23. The monoisotopic (exact) mass is 265 g/mol. The lowest BCUT2D eigenvalue weighted by atomic mass is 10.0. The second kappa shape index (κ2) is 5.13. The summed E-state index contributed by atoms with van der Waals surface area (Å²) in [5, 5.41) is 9.00.